The molecule has 0 saturated heterocycles. The van der Waals surface area contributed by atoms with E-state index in [-0.39, 0.29) is 5.56 Å². The maximum Gasteiger partial charge on any atom is 0.335 e. The molecule has 0 spiro atoms. The minimum Gasteiger partial charge on any atom is -0.489 e. The minimum absolute atomic E-state index is 0.264. The fourth-order valence-electron chi connectivity index (χ4n) is 2.18. The number of benzene rings is 2. The number of aryl methyl sites for hydroxylation is 1. The van der Waals surface area contributed by atoms with E-state index in [0.29, 0.717) is 17.8 Å². The van der Waals surface area contributed by atoms with Gasteiger partial charge in [-0.3, -0.25) is 0 Å². The predicted octanol–water partition coefficient (Wildman–Crippen LogP) is 4.94. The second kappa shape index (κ2) is 7.32. The van der Waals surface area contributed by atoms with Crippen molar-refractivity contribution in [2.75, 3.05) is 0 Å². The van der Waals surface area contributed by atoms with Gasteiger partial charge in [-0.05, 0) is 53.6 Å². The van der Waals surface area contributed by atoms with E-state index < -0.39 is 5.97 Å². The summed E-state index contributed by atoms with van der Waals surface area (Å²) >= 11 is 0. The van der Waals surface area contributed by atoms with Crippen LogP contribution in [0.2, 0.25) is 0 Å². The highest BCUT2D eigenvalue weighted by atomic mass is 16.5. The van der Waals surface area contributed by atoms with Gasteiger partial charge in [0.25, 0.3) is 0 Å². The first-order chi connectivity index (χ1) is 10.8. The maximum atomic E-state index is 10.8. The van der Waals surface area contributed by atoms with Crippen molar-refractivity contribution in [1.82, 2.24) is 0 Å². The maximum absolute atomic E-state index is 10.8. The Morgan fingerprint density at radius 2 is 1.52 bits per heavy atom. The van der Waals surface area contributed by atoms with Crippen LogP contribution in [0.4, 0.5) is 0 Å². The van der Waals surface area contributed by atoms with Gasteiger partial charge in [0.05, 0.1) is 5.56 Å². The molecule has 3 heteroatoms. The molecule has 0 unspecified atom stereocenters. The highest BCUT2D eigenvalue weighted by molar-refractivity contribution is 5.87. The number of carboxylic acids is 1. The molecule has 0 fully saturated rings. The molecule has 2 aromatic carbocycles. The molecule has 0 aliphatic rings. The normalized spacial score (nSPS) is 11.3. The Bertz CT molecular complexity index is 634. The molecule has 0 aromatic heterocycles. The summed E-state index contributed by atoms with van der Waals surface area (Å²) < 4.78 is 5.69. The van der Waals surface area contributed by atoms with Crippen LogP contribution in [0.3, 0.4) is 0 Å². The van der Waals surface area contributed by atoms with Crippen LogP contribution < -0.4 is 4.74 Å². The van der Waals surface area contributed by atoms with Gasteiger partial charge >= 0.3 is 5.97 Å². The molecule has 2 rings (SSSR count). The molecule has 0 radical (unpaired) electrons. The average Bonchev–Trinajstić information content (AvgIpc) is 2.51. The van der Waals surface area contributed by atoms with Crippen molar-refractivity contribution in [3.63, 3.8) is 0 Å². The highest BCUT2D eigenvalue weighted by Gasteiger charge is 2.09. The van der Waals surface area contributed by atoms with E-state index >= 15 is 0 Å². The lowest BCUT2D eigenvalue weighted by Gasteiger charge is -2.17. The predicted molar refractivity (Wildman–Crippen MR) is 92.0 cm³/mol. The Morgan fingerprint density at radius 1 is 0.957 bits per heavy atom. The molecule has 2 aromatic rings. The van der Waals surface area contributed by atoms with Crippen LogP contribution in [0.5, 0.6) is 5.75 Å². The molecule has 0 saturated carbocycles. The van der Waals surface area contributed by atoms with Crippen LogP contribution in [0.15, 0.2) is 48.5 Å². The van der Waals surface area contributed by atoms with Crippen molar-refractivity contribution in [1.29, 1.82) is 0 Å². The molecule has 3 nitrogen and oxygen atoms in total. The van der Waals surface area contributed by atoms with Gasteiger partial charge in [0, 0.05) is 0 Å². The zero-order chi connectivity index (χ0) is 16.9. The van der Waals surface area contributed by atoms with Crippen LogP contribution >= 0.6 is 0 Å². The Balaban J connectivity index is 1.87. The number of carboxylic acid groups (broad SMARTS) is 1. The standard InChI is InChI=1S/C20H24O3/c1-20(2,3)13-12-15-4-6-16(7-5-15)14-23-18-10-8-17(9-11-18)19(21)22/h4-11H,12-14H2,1-3H3,(H,21,22). The molecule has 0 atom stereocenters. The Morgan fingerprint density at radius 3 is 2.04 bits per heavy atom. The van der Waals surface area contributed by atoms with E-state index in [2.05, 4.69) is 45.0 Å². The SMILES string of the molecule is CC(C)(C)CCc1ccc(COc2ccc(C(=O)O)cc2)cc1. The smallest absolute Gasteiger partial charge is 0.335 e. The summed E-state index contributed by atoms with van der Waals surface area (Å²) in [6.07, 6.45) is 2.25. The third-order valence-electron chi connectivity index (χ3n) is 3.69. The molecule has 0 aliphatic carbocycles. The number of aromatic carboxylic acids is 1. The molecular formula is C20H24O3. The summed E-state index contributed by atoms with van der Waals surface area (Å²) in [6, 6.07) is 14.9. The van der Waals surface area contributed by atoms with Gasteiger partial charge in [-0.25, -0.2) is 4.79 Å². The van der Waals surface area contributed by atoms with E-state index in [4.69, 9.17) is 9.84 Å². The van der Waals surface area contributed by atoms with Gasteiger partial charge in [-0.2, -0.15) is 0 Å². The van der Waals surface area contributed by atoms with Crippen LogP contribution in [0, 0.1) is 5.41 Å². The van der Waals surface area contributed by atoms with Gasteiger partial charge < -0.3 is 9.84 Å². The van der Waals surface area contributed by atoms with E-state index in [0.717, 1.165) is 12.0 Å². The van der Waals surface area contributed by atoms with Crippen LogP contribution in [-0.4, -0.2) is 11.1 Å². The molecular weight excluding hydrogens is 288 g/mol. The number of hydrogen-bond acceptors (Lipinski definition) is 2. The monoisotopic (exact) mass is 312 g/mol. The average molecular weight is 312 g/mol. The van der Waals surface area contributed by atoms with Gasteiger partial charge in [-0.15, -0.1) is 0 Å². The third-order valence-corrected chi connectivity index (χ3v) is 3.69. The topological polar surface area (TPSA) is 46.5 Å². The van der Waals surface area contributed by atoms with Crippen molar-refractivity contribution in [2.24, 2.45) is 5.41 Å². The molecule has 0 bridgehead atoms. The summed E-state index contributed by atoms with van der Waals surface area (Å²) in [4.78, 5) is 10.8. The fraction of sp³-hybridized carbons (Fsp3) is 0.350. The van der Waals surface area contributed by atoms with Crippen molar-refractivity contribution >= 4 is 5.97 Å². The molecule has 0 amide bonds. The Labute approximate surface area is 137 Å². The Kier molecular flexibility index (Phi) is 5.43. The van der Waals surface area contributed by atoms with Gasteiger partial charge in [0.1, 0.15) is 12.4 Å². The first-order valence-corrected chi connectivity index (χ1v) is 7.87. The molecule has 122 valence electrons. The second-order valence-electron chi connectivity index (χ2n) is 7.00. The number of ether oxygens (including phenoxy) is 1. The zero-order valence-electron chi connectivity index (χ0n) is 14.0. The van der Waals surface area contributed by atoms with Crippen LogP contribution in [-0.2, 0) is 13.0 Å². The molecule has 0 aliphatic heterocycles. The highest BCUT2D eigenvalue weighted by Crippen LogP contribution is 2.22. The first-order valence-electron chi connectivity index (χ1n) is 7.87. The lowest BCUT2D eigenvalue weighted by atomic mass is 9.88. The van der Waals surface area contributed by atoms with Gasteiger partial charge in [-0.1, -0.05) is 45.0 Å². The summed E-state index contributed by atoms with van der Waals surface area (Å²) in [5.41, 5.74) is 3.06. The number of rotatable bonds is 6. The number of carbonyl (C=O) groups is 1. The summed E-state index contributed by atoms with van der Waals surface area (Å²) in [6.45, 7) is 7.24. The van der Waals surface area contributed by atoms with E-state index in [1.807, 2.05) is 0 Å². The van der Waals surface area contributed by atoms with Gasteiger partial charge in [0.15, 0.2) is 0 Å². The van der Waals surface area contributed by atoms with Crippen LogP contribution in [0.25, 0.3) is 0 Å². The second-order valence-corrected chi connectivity index (χ2v) is 7.00. The summed E-state index contributed by atoms with van der Waals surface area (Å²) in [5, 5.41) is 8.86. The van der Waals surface area contributed by atoms with Gasteiger partial charge in [0.2, 0.25) is 0 Å². The lowest BCUT2D eigenvalue weighted by molar-refractivity contribution is 0.0697. The molecule has 1 N–H and O–H groups in total. The summed E-state index contributed by atoms with van der Waals surface area (Å²) in [5.74, 6) is -0.255. The van der Waals surface area contributed by atoms with Crippen molar-refractivity contribution in [2.45, 2.75) is 40.2 Å². The van der Waals surface area contributed by atoms with E-state index in [1.165, 1.54) is 12.0 Å². The Hall–Kier alpha value is -2.29. The molecule has 0 heterocycles. The minimum atomic E-state index is -0.928. The lowest BCUT2D eigenvalue weighted by Crippen LogP contribution is -2.06. The van der Waals surface area contributed by atoms with Crippen molar-refractivity contribution in [3.05, 3.63) is 65.2 Å². The van der Waals surface area contributed by atoms with E-state index in [9.17, 15) is 4.79 Å². The first kappa shape index (κ1) is 17.1. The van der Waals surface area contributed by atoms with E-state index in [1.54, 1.807) is 24.3 Å². The number of hydrogen-bond donors (Lipinski definition) is 1. The van der Waals surface area contributed by atoms with Crippen LogP contribution in [0.1, 0.15) is 48.7 Å². The third kappa shape index (κ3) is 5.78. The van der Waals surface area contributed by atoms with Crippen molar-refractivity contribution in [3.8, 4) is 5.75 Å². The quantitative estimate of drug-likeness (QED) is 0.821. The van der Waals surface area contributed by atoms with Crippen molar-refractivity contribution < 1.29 is 14.6 Å². The fourth-order valence-corrected chi connectivity index (χ4v) is 2.18. The largest absolute Gasteiger partial charge is 0.489 e. The molecule has 23 heavy (non-hydrogen) atoms. The zero-order valence-corrected chi connectivity index (χ0v) is 14.0. The summed E-state index contributed by atoms with van der Waals surface area (Å²) in [7, 11) is 0.